The molecule has 1 atom stereocenters. The fourth-order valence-electron chi connectivity index (χ4n) is 1.43. The predicted octanol–water partition coefficient (Wildman–Crippen LogP) is -0.108. The molecule has 1 heterocycles. The van der Waals surface area contributed by atoms with Gasteiger partial charge in [-0.3, -0.25) is 9.80 Å². The highest BCUT2D eigenvalue weighted by Crippen LogP contribution is 2.26. The minimum atomic E-state index is -3.50. The Morgan fingerprint density at radius 1 is 1.27 bits per heavy atom. The van der Waals surface area contributed by atoms with Gasteiger partial charge in [0.25, 0.3) is 0 Å². The van der Waals surface area contributed by atoms with Crippen LogP contribution >= 0.6 is 0 Å². The highest BCUT2D eigenvalue weighted by molar-refractivity contribution is 7.92. The number of hydrogen-bond acceptors (Lipinski definition) is 4. The van der Waals surface area contributed by atoms with Gasteiger partial charge >= 0.3 is 0 Å². The molecule has 0 saturated carbocycles. The molecule has 1 amide bonds. The summed E-state index contributed by atoms with van der Waals surface area (Å²) in [5.74, 6) is 4.95. The number of hydrogen-bond donors (Lipinski definition) is 1. The second-order valence-electron chi connectivity index (χ2n) is 3.32. The van der Waals surface area contributed by atoms with Crippen molar-refractivity contribution in [2.24, 2.45) is 5.84 Å². The number of sulfone groups is 1. The summed E-state index contributed by atoms with van der Waals surface area (Å²) in [6.07, 6.45) is -0.0340. The quantitative estimate of drug-likeness (QED) is 0.433. The van der Waals surface area contributed by atoms with Crippen molar-refractivity contribution in [2.45, 2.75) is 16.7 Å². The van der Waals surface area contributed by atoms with Gasteiger partial charge in [-0.2, -0.15) is 0 Å². The summed E-state index contributed by atoms with van der Waals surface area (Å²) in [7, 11) is -3.50. The van der Waals surface area contributed by atoms with Crippen LogP contribution in [-0.4, -0.2) is 24.7 Å². The van der Waals surface area contributed by atoms with Gasteiger partial charge in [-0.25, -0.2) is 14.3 Å². The summed E-state index contributed by atoms with van der Waals surface area (Å²) in [6, 6.07) is 7.98. The summed E-state index contributed by atoms with van der Waals surface area (Å²) in [4.78, 5) is 11.0. The molecular formula is C9H10N2O3S. The van der Waals surface area contributed by atoms with Crippen molar-refractivity contribution in [3.05, 3.63) is 30.3 Å². The third-order valence-corrected chi connectivity index (χ3v) is 4.42. The van der Waals surface area contributed by atoms with Crippen molar-refractivity contribution in [1.29, 1.82) is 0 Å². The van der Waals surface area contributed by atoms with E-state index in [0.717, 1.165) is 5.01 Å². The van der Waals surface area contributed by atoms with Crippen molar-refractivity contribution < 1.29 is 13.2 Å². The van der Waals surface area contributed by atoms with Crippen LogP contribution in [0.4, 0.5) is 0 Å². The van der Waals surface area contributed by atoms with Crippen molar-refractivity contribution in [3.8, 4) is 0 Å². The molecule has 1 saturated heterocycles. The Balaban J connectivity index is 2.34. The van der Waals surface area contributed by atoms with E-state index in [9.17, 15) is 13.2 Å². The minimum Gasteiger partial charge on any atom is -0.273 e. The molecule has 1 aromatic carbocycles. The van der Waals surface area contributed by atoms with Crippen molar-refractivity contribution in [2.75, 3.05) is 0 Å². The Hall–Kier alpha value is -1.40. The molecule has 0 aliphatic carbocycles. The first-order valence-corrected chi connectivity index (χ1v) is 5.94. The second kappa shape index (κ2) is 3.32. The Kier molecular flexibility index (Phi) is 2.24. The molecule has 1 aromatic rings. The molecule has 0 bridgehead atoms. The number of nitrogens with two attached hydrogens (primary N) is 1. The Bertz CT molecular complexity index is 483. The molecule has 80 valence electrons. The SMILES string of the molecule is NN1C(=O)CC1S(=O)(=O)c1ccccc1. The van der Waals surface area contributed by atoms with E-state index < -0.39 is 15.2 Å². The first kappa shape index (κ1) is 10.1. The monoisotopic (exact) mass is 226 g/mol. The summed E-state index contributed by atoms with van der Waals surface area (Å²) < 4.78 is 23.8. The summed E-state index contributed by atoms with van der Waals surface area (Å²) in [5, 5.41) is -0.144. The fraction of sp³-hybridized carbons (Fsp3) is 0.222. The highest BCUT2D eigenvalue weighted by atomic mass is 32.2. The van der Waals surface area contributed by atoms with E-state index >= 15 is 0 Å². The lowest BCUT2D eigenvalue weighted by Crippen LogP contribution is -2.59. The molecule has 0 radical (unpaired) electrons. The number of carbonyl (C=O) groups excluding carboxylic acids is 1. The van der Waals surface area contributed by atoms with Gasteiger partial charge in [0, 0.05) is 0 Å². The molecule has 15 heavy (non-hydrogen) atoms. The Labute approximate surface area is 87.4 Å². The van der Waals surface area contributed by atoms with Gasteiger partial charge in [0.1, 0.15) is 0 Å². The van der Waals surface area contributed by atoms with Crippen molar-refractivity contribution in [3.63, 3.8) is 0 Å². The number of rotatable bonds is 2. The van der Waals surface area contributed by atoms with Crippen LogP contribution in [0.25, 0.3) is 0 Å². The van der Waals surface area contributed by atoms with Crippen LogP contribution in [0, 0.1) is 0 Å². The molecule has 1 aliphatic heterocycles. The maximum absolute atomic E-state index is 11.9. The smallest absolute Gasteiger partial charge is 0.240 e. The van der Waals surface area contributed by atoms with E-state index in [0.29, 0.717) is 0 Å². The third-order valence-electron chi connectivity index (χ3n) is 2.38. The maximum atomic E-state index is 11.9. The lowest BCUT2D eigenvalue weighted by molar-refractivity contribution is -0.142. The van der Waals surface area contributed by atoms with Crippen LogP contribution < -0.4 is 5.84 Å². The third kappa shape index (κ3) is 1.51. The summed E-state index contributed by atoms with van der Waals surface area (Å²) in [6.45, 7) is 0. The van der Waals surface area contributed by atoms with Gasteiger partial charge in [0.2, 0.25) is 15.7 Å². The predicted molar refractivity (Wildman–Crippen MR) is 53.1 cm³/mol. The minimum absolute atomic E-state index is 0.0340. The lowest BCUT2D eigenvalue weighted by atomic mass is 10.2. The zero-order chi connectivity index (χ0) is 11.1. The first-order valence-electron chi connectivity index (χ1n) is 4.39. The van der Waals surface area contributed by atoms with E-state index in [1.54, 1.807) is 18.2 Å². The Morgan fingerprint density at radius 2 is 1.87 bits per heavy atom. The van der Waals surface area contributed by atoms with Gasteiger partial charge in [-0.1, -0.05) is 18.2 Å². The molecule has 0 spiro atoms. The average molecular weight is 226 g/mol. The van der Waals surface area contributed by atoms with Crippen LogP contribution in [0.2, 0.25) is 0 Å². The molecule has 6 heteroatoms. The molecule has 5 nitrogen and oxygen atoms in total. The van der Waals surface area contributed by atoms with Crippen molar-refractivity contribution in [1.82, 2.24) is 5.01 Å². The molecule has 0 aromatic heterocycles. The van der Waals surface area contributed by atoms with Crippen LogP contribution in [0.15, 0.2) is 35.2 Å². The average Bonchev–Trinajstić information content (AvgIpc) is 2.26. The second-order valence-corrected chi connectivity index (χ2v) is 5.42. The molecule has 2 rings (SSSR count). The van der Waals surface area contributed by atoms with Gasteiger partial charge in [-0.15, -0.1) is 0 Å². The number of benzene rings is 1. The van der Waals surface area contributed by atoms with Crippen LogP contribution in [0.5, 0.6) is 0 Å². The molecule has 2 N–H and O–H groups in total. The summed E-state index contributed by atoms with van der Waals surface area (Å²) in [5.41, 5.74) is 0. The zero-order valence-corrected chi connectivity index (χ0v) is 8.65. The van der Waals surface area contributed by atoms with Gasteiger partial charge in [0.15, 0.2) is 5.37 Å². The summed E-state index contributed by atoms with van der Waals surface area (Å²) >= 11 is 0. The van der Waals surface area contributed by atoms with Crippen LogP contribution in [0.3, 0.4) is 0 Å². The fourth-order valence-corrected chi connectivity index (χ4v) is 3.06. The highest BCUT2D eigenvalue weighted by Gasteiger charge is 2.44. The Morgan fingerprint density at radius 3 is 2.33 bits per heavy atom. The van der Waals surface area contributed by atoms with Crippen LogP contribution in [-0.2, 0) is 14.6 Å². The van der Waals surface area contributed by atoms with Gasteiger partial charge < -0.3 is 0 Å². The van der Waals surface area contributed by atoms with Crippen molar-refractivity contribution >= 4 is 15.7 Å². The largest absolute Gasteiger partial charge is 0.273 e. The van der Waals surface area contributed by atoms with Crippen LogP contribution in [0.1, 0.15) is 6.42 Å². The zero-order valence-electron chi connectivity index (χ0n) is 7.83. The normalized spacial score (nSPS) is 21.3. The molecule has 1 fully saturated rings. The van der Waals surface area contributed by atoms with E-state index in [2.05, 4.69) is 0 Å². The first-order chi connectivity index (χ1) is 7.03. The molecule has 1 unspecified atom stereocenters. The maximum Gasteiger partial charge on any atom is 0.240 e. The number of carbonyl (C=O) groups is 1. The van der Waals surface area contributed by atoms with Gasteiger partial charge in [0.05, 0.1) is 11.3 Å². The van der Waals surface area contributed by atoms with Gasteiger partial charge in [-0.05, 0) is 12.1 Å². The lowest BCUT2D eigenvalue weighted by Gasteiger charge is -2.35. The number of hydrazine groups is 1. The standard InChI is InChI=1S/C9H10N2O3S/c10-11-8(12)6-9(11)15(13,14)7-4-2-1-3-5-7/h1-5,9H,6,10H2. The number of amides is 1. The number of nitrogens with zero attached hydrogens (tertiary/aromatic N) is 1. The molecular weight excluding hydrogens is 216 g/mol. The van der Waals surface area contributed by atoms with E-state index in [4.69, 9.17) is 5.84 Å². The molecule has 1 aliphatic rings. The van der Waals surface area contributed by atoms with E-state index in [1.165, 1.54) is 12.1 Å². The van der Waals surface area contributed by atoms with E-state index in [-0.39, 0.29) is 17.2 Å². The van der Waals surface area contributed by atoms with E-state index in [1.807, 2.05) is 0 Å². The number of β-lactam (4-membered cyclic amide) rings is 1. The topological polar surface area (TPSA) is 80.5 Å².